The minimum absolute atomic E-state index is 0.151. The highest BCUT2D eigenvalue weighted by Crippen LogP contribution is 2.38. The SMILES string of the molecule is Cc1ccc(Sc2ccc3c(c2)Oc2ccccc2NC3=O)cc1. The van der Waals surface area contributed by atoms with Gasteiger partial charge in [-0.3, -0.25) is 4.79 Å². The van der Waals surface area contributed by atoms with Gasteiger partial charge in [0.05, 0.1) is 11.3 Å². The van der Waals surface area contributed by atoms with Crippen molar-refractivity contribution >= 4 is 23.4 Å². The van der Waals surface area contributed by atoms with Gasteiger partial charge in [-0.05, 0) is 49.4 Å². The lowest BCUT2D eigenvalue weighted by Gasteiger charge is -2.09. The maximum Gasteiger partial charge on any atom is 0.259 e. The number of hydrogen-bond acceptors (Lipinski definition) is 3. The molecule has 0 atom stereocenters. The molecule has 1 aliphatic rings. The summed E-state index contributed by atoms with van der Waals surface area (Å²) < 4.78 is 5.97. The summed E-state index contributed by atoms with van der Waals surface area (Å²) in [6.07, 6.45) is 0. The van der Waals surface area contributed by atoms with E-state index in [2.05, 4.69) is 36.5 Å². The molecule has 3 nitrogen and oxygen atoms in total. The Labute approximate surface area is 144 Å². The Bertz CT molecular complexity index is 919. The van der Waals surface area contributed by atoms with Crippen molar-refractivity contribution in [3.8, 4) is 11.5 Å². The monoisotopic (exact) mass is 333 g/mol. The molecule has 3 aromatic rings. The average molecular weight is 333 g/mol. The van der Waals surface area contributed by atoms with Crippen LogP contribution in [0.1, 0.15) is 15.9 Å². The molecule has 0 bridgehead atoms. The number of nitrogens with one attached hydrogen (secondary N) is 1. The van der Waals surface area contributed by atoms with Gasteiger partial charge in [-0.1, -0.05) is 41.6 Å². The number of benzene rings is 3. The quantitative estimate of drug-likeness (QED) is 0.672. The zero-order valence-corrected chi connectivity index (χ0v) is 13.9. The van der Waals surface area contributed by atoms with E-state index in [1.165, 1.54) is 5.56 Å². The van der Waals surface area contributed by atoms with Gasteiger partial charge in [0.15, 0.2) is 5.75 Å². The maximum atomic E-state index is 12.4. The van der Waals surface area contributed by atoms with Gasteiger partial charge in [-0.15, -0.1) is 0 Å². The Balaban J connectivity index is 1.69. The molecule has 0 aliphatic carbocycles. The zero-order chi connectivity index (χ0) is 16.5. The molecule has 0 unspecified atom stereocenters. The van der Waals surface area contributed by atoms with Crippen molar-refractivity contribution in [3.05, 3.63) is 77.9 Å². The number of anilines is 1. The Morgan fingerprint density at radius 1 is 0.875 bits per heavy atom. The van der Waals surface area contributed by atoms with Gasteiger partial charge < -0.3 is 10.1 Å². The first-order chi connectivity index (χ1) is 11.7. The second-order valence-electron chi connectivity index (χ2n) is 5.63. The summed E-state index contributed by atoms with van der Waals surface area (Å²) in [6, 6.07) is 21.5. The molecule has 0 aromatic heterocycles. The van der Waals surface area contributed by atoms with Gasteiger partial charge >= 0.3 is 0 Å². The summed E-state index contributed by atoms with van der Waals surface area (Å²) in [5.74, 6) is 1.08. The van der Waals surface area contributed by atoms with E-state index in [0.29, 0.717) is 22.7 Å². The van der Waals surface area contributed by atoms with Crippen molar-refractivity contribution in [1.29, 1.82) is 0 Å². The molecule has 4 rings (SSSR count). The Morgan fingerprint density at radius 2 is 1.62 bits per heavy atom. The van der Waals surface area contributed by atoms with E-state index in [4.69, 9.17) is 4.74 Å². The Hall–Kier alpha value is -2.72. The molecule has 0 fully saturated rings. The summed E-state index contributed by atoms with van der Waals surface area (Å²) in [7, 11) is 0. The minimum atomic E-state index is -0.151. The van der Waals surface area contributed by atoms with Crippen LogP contribution in [0.15, 0.2) is 76.5 Å². The van der Waals surface area contributed by atoms with Crippen LogP contribution in [-0.2, 0) is 0 Å². The van der Waals surface area contributed by atoms with E-state index in [9.17, 15) is 4.79 Å². The molecule has 1 amide bonds. The van der Waals surface area contributed by atoms with Crippen LogP contribution < -0.4 is 10.1 Å². The van der Waals surface area contributed by atoms with Crippen LogP contribution in [0.5, 0.6) is 11.5 Å². The third-order valence-electron chi connectivity index (χ3n) is 3.81. The Kier molecular flexibility index (Phi) is 3.75. The number of carbonyl (C=O) groups is 1. The second-order valence-corrected chi connectivity index (χ2v) is 6.77. The number of amides is 1. The van der Waals surface area contributed by atoms with Crippen LogP contribution in [0.2, 0.25) is 0 Å². The molecule has 0 radical (unpaired) electrons. The molecule has 1 aliphatic heterocycles. The van der Waals surface area contributed by atoms with Crippen molar-refractivity contribution < 1.29 is 9.53 Å². The highest BCUT2D eigenvalue weighted by molar-refractivity contribution is 7.99. The van der Waals surface area contributed by atoms with E-state index in [1.807, 2.05) is 42.5 Å². The predicted molar refractivity (Wildman–Crippen MR) is 96.2 cm³/mol. The van der Waals surface area contributed by atoms with Gasteiger partial charge in [0.25, 0.3) is 5.91 Å². The highest BCUT2D eigenvalue weighted by atomic mass is 32.2. The van der Waals surface area contributed by atoms with E-state index in [1.54, 1.807) is 11.8 Å². The van der Waals surface area contributed by atoms with Gasteiger partial charge in [0.1, 0.15) is 5.75 Å². The molecule has 24 heavy (non-hydrogen) atoms. The van der Waals surface area contributed by atoms with Gasteiger partial charge in [-0.2, -0.15) is 0 Å². The zero-order valence-electron chi connectivity index (χ0n) is 13.1. The normalized spacial score (nSPS) is 12.5. The first kappa shape index (κ1) is 14.8. The summed E-state index contributed by atoms with van der Waals surface area (Å²) in [4.78, 5) is 14.6. The first-order valence-corrected chi connectivity index (χ1v) is 8.47. The van der Waals surface area contributed by atoms with Crippen LogP contribution in [0.3, 0.4) is 0 Å². The van der Waals surface area contributed by atoms with E-state index in [-0.39, 0.29) is 5.91 Å². The van der Waals surface area contributed by atoms with Crippen LogP contribution in [0, 0.1) is 6.92 Å². The molecule has 1 N–H and O–H groups in total. The molecule has 118 valence electrons. The summed E-state index contributed by atoms with van der Waals surface area (Å²) in [5, 5.41) is 2.88. The van der Waals surface area contributed by atoms with E-state index >= 15 is 0 Å². The number of aryl methyl sites for hydroxylation is 1. The van der Waals surface area contributed by atoms with Crippen LogP contribution in [0.25, 0.3) is 0 Å². The maximum absolute atomic E-state index is 12.4. The second kappa shape index (κ2) is 6.06. The number of fused-ring (bicyclic) bond motifs is 2. The largest absolute Gasteiger partial charge is 0.454 e. The number of hydrogen-bond donors (Lipinski definition) is 1. The van der Waals surface area contributed by atoms with Crippen LogP contribution in [0.4, 0.5) is 5.69 Å². The first-order valence-electron chi connectivity index (χ1n) is 7.66. The lowest BCUT2D eigenvalue weighted by molar-refractivity contribution is 0.102. The molecule has 0 saturated carbocycles. The number of rotatable bonds is 2. The Morgan fingerprint density at radius 3 is 2.46 bits per heavy atom. The number of carbonyl (C=O) groups excluding carboxylic acids is 1. The topological polar surface area (TPSA) is 38.3 Å². The van der Waals surface area contributed by atoms with Crippen molar-refractivity contribution in [2.24, 2.45) is 0 Å². The molecule has 3 aromatic carbocycles. The minimum Gasteiger partial charge on any atom is -0.454 e. The molecular formula is C20H15NO2S. The number of para-hydroxylation sites is 2. The molecule has 0 saturated heterocycles. The lowest BCUT2D eigenvalue weighted by Crippen LogP contribution is -2.10. The molecule has 1 heterocycles. The molecular weight excluding hydrogens is 318 g/mol. The van der Waals surface area contributed by atoms with Crippen molar-refractivity contribution in [2.45, 2.75) is 16.7 Å². The van der Waals surface area contributed by atoms with E-state index in [0.717, 1.165) is 9.79 Å². The van der Waals surface area contributed by atoms with E-state index < -0.39 is 0 Å². The summed E-state index contributed by atoms with van der Waals surface area (Å²) in [6.45, 7) is 2.07. The fourth-order valence-corrected chi connectivity index (χ4v) is 3.39. The highest BCUT2D eigenvalue weighted by Gasteiger charge is 2.20. The third-order valence-corrected chi connectivity index (χ3v) is 4.81. The summed E-state index contributed by atoms with van der Waals surface area (Å²) in [5.41, 5.74) is 2.46. The predicted octanol–water partition coefficient (Wildman–Crippen LogP) is 5.50. The fraction of sp³-hybridized carbons (Fsp3) is 0.0500. The van der Waals surface area contributed by atoms with Crippen LogP contribution >= 0.6 is 11.8 Å². The fourth-order valence-electron chi connectivity index (χ4n) is 2.55. The molecule has 0 spiro atoms. The average Bonchev–Trinajstić information content (AvgIpc) is 2.72. The smallest absolute Gasteiger partial charge is 0.259 e. The summed E-state index contributed by atoms with van der Waals surface area (Å²) >= 11 is 1.65. The van der Waals surface area contributed by atoms with Crippen molar-refractivity contribution in [3.63, 3.8) is 0 Å². The van der Waals surface area contributed by atoms with Crippen molar-refractivity contribution in [1.82, 2.24) is 0 Å². The van der Waals surface area contributed by atoms with Crippen molar-refractivity contribution in [2.75, 3.05) is 5.32 Å². The lowest BCUT2D eigenvalue weighted by atomic mass is 10.2. The standard InChI is InChI=1S/C20H15NO2S/c1-13-6-8-14(9-7-13)24-15-10-11-16-19(12-15)23-18-5-3-2-4-17(18)21-20(16)22/h2-12H,1H3,(H,21,22). The van der Waals surface area contributed by atoms with Gasteiger partial charge in [0, 0.05) is 9.79 Å². The third kappa shape index (κ3) is 2.88. The van der Waals surface area contributed by atoms with Gasteiger partial charge in [-0.25, -0.2) is 0 Å². The van der Waals surface area contributed by atoms with Gasteiger partial charge in [0.2, 0.25) is 0 Å². The number of ether oxygens (including phenoxy) is 1. The van der Waals surface area contributed by atoms with Crippen LogP contribution in [-0.4, -0.2) is 5.91 Å². The molecule has 4 heteroatoms.